The number of pyridine rings is 1. The fourth-order valence-corrected chi connectivity index (χ4v) is 2.19. The highest BCUT2D eigenvalue weighted by molar-refractivity contribution is 7.99. The quantitative estimate of drug-likeness (QED) is 0.514. The van der Waals surface area contributed by atoms with Crippen molar-refractivity contribution in [2.45, 2.75) is 31.6 Å². The van der Waals surface area contributed by atoms with Crippen LogP contribution in [-0.2, 0) is 6.42 Å². The molecule has 1 aromatic heterocycles. The number of nitrogens with zero attached hydrogens (tertiary/aromatic N) is 1. The lowest BCUT2D eigenvalue weighted by Gasteiger charge is -2.17. The highest BCUT2D eigenvalue weighted by Crippen LogP contribution is 2.15. The molecule has 1 rings (SSSR count). The van der Waals surface area contributed by atoms with Crippen LogP contribution >= 0.6 is 11.8 Å². The van der Waals surface area contributed by atoms with Crippen LogP contribution in [0.1, 0.15) is 19.4 Å². The predicted molar refractivity (Wildman–Crippen MR) is 71.1 cm³/mol. The number of hydrogen-bond acceptors (Lipinski definition) is 5. The van der Waals surface area contributed by atoms with Crippen LogP contribution in [0.25, 0.3) is 0 Å². The van der Waals surface area contributed by atoms with Crippen LogP contribution in [-0.4, -0.2) is 22.0 Å². The average molecular weight is 240 g/mol. The molecule has 1 aromatic rings. The van der Waals surface area contributed by atoms with Gasteiger partial charge in [-0.3, -0.25) is 11.3 Å². The Hall–Kier alpha value is -0.780. The van der Waals surface area contributed by atoms with Crippen molar-refractivity contribution in [3.63, 3.8) is 0 Å². The van der Waals surface area contributed by atoms with Crippen LogP contribution in [0, 0.1) is 0 Å². The fraction of sp³-hybridized carbons (Fsp3) is 0.545. The Kier molecular flexibility index (Phi) is 5.59. The Morgan fingerprint density at radius 2 is 2.25 bits per heavy atom. The van der Waals surface area contributed by atoms with Gasteiger partial charge in [-0.25, -0.2) is 4.98 Å². The molecule has 1 unspecified atom stereocenters. The van der Waals surface area contributed by atoms with Gasteiger partial charge in [0.2, 0.25) is 0 Å². The molecule has 0 spiro atoms. The summed E-state index contributed by atoms with van der Waals surface area (Å²) >= 11 is 1.89. The maximum atomic E-state index is 5.79. The molecule has 0 aliphatic rings. The average Bonchev–Trinajstić information content (AvgIpc) is 2.26. The van der Waals surface area contributed by atoms with Crippen molar-refractivity contribution in [1.29, 1.82) is 0 Å². The highest BCUT2D eigenvalue weighted by Gasteiger charge is 2.11. The maximum Gasteiger partial charge on any atom is 0.126 e. The molecular formula is C11H20N4S. The van der Waals surface area contributed by atoms with E-state index in [4.69, 9.17) is 11.6 Å². The smallest absolute Gasteiger partial charge is 0.126 e. The molecule has 0 saturated carbocycles. The number of nitrogens with two attached hydrogens (primary N) is 2. The number of nitrogen functional groups attached to an aromatic ring is 1. The first-order valence-electron chi connectivity index (χ1n) is 5.40. The lowest BCUT2D eigenvalue weighted by molar-refractivity contribution is 0.575. The largest absolute Gasteiger partial charge is 0.383 e. The van der Waals surface area contributed by atoms with E-state index in [1.807, 2.05) is 23.9 Å². The van der Waals surface area contributed by atoms with Crippen molar-refractivity contribution >= 4 is 17.6 Å². The molecule has 5 N–H and O–H groups in total. The van der Waals surface area contributed by atoms with E-state index in [0.29, 0.717) is 11.1 Å². The van der Waals surface area contributed by atoms with E-state index in [1.165, 1.54) is 0 Å². The Morgan fingerprint density at radius 1 is 1.50 bits per heavy atom. The third-order valence-corrected chi connectivity index (χ3v) is 3.52. The molecule has 1 heterocycles. The normalized spacial score (nSPS) is 13.0. The molecule has 5 heteroatoms. The Labute approximate surface area is 101 Å². The second-order valence-corrected chi connectivity index (χ2v) is 5.61. The van der Waals surface area contributed by atoms with Crippen molar-refractivity contribution in [2.24, 2.45) is 5.84 Å². The van der Waals surface area contributed by atoms with E-state index in [-0.39, 0.29) is 6.04 Å². The zero-order valence-electron chi connectivity index (χ0n) is 9.81. The summed E-state index contributed by atoms with van der Waals surface area (Å²) in [4.78, 5) is 4.06. The molecule has 90 valence electrons. The number of rotatable bonds is 6. The van der Waals surface area contributed by atoms with Gasteiger partial charge in [0.15, 0.2) is 0 Å². The molecule has 0 bridgehead atoms. The number of aromatic nitrogens is 1. The van der Waals surface area contributed by atoms with Crippen molar-refractivity contribution < 1.29 is 0 Å². The van der Waals surface area contributed by atoms with Gasteiger partial charge in [0, 0.05) is 18.0 Å². The first kappa shape index (κ1) is 13.3. The minimum atomic E-state index is 0.235. The van der Waals surface area contributed by atoms with Crippen LogP contribution in [0.5, 0.6) is 0 Å². The van der Waals surface area contributed by atoms with Gasteiger partial charge in [-0.2, -0.15) is 11.8 Å². The number of thioether (sulfide) groups is 1. The number of nitrogens with one attached hydrogen (secondary N) is 1. The summed E-state index contributed by atoms with van der Waals surface area (Å²) in [7, 11) is 0. The zero-order valence-corrected chi connectivity index (χ0v) is 10.6. The first-order valence-corrected chi connectivity index (χ1v) is 6.45. The molecule has 16 heavy (non-hydrogen) atoms. The lowest BCUT2D eigenvalue weighted by Crippen LogP contribution is -2.39. The van der Waals surface area contributed by atoms with Crippen LogP contribution in [0.3, 0.4) is 0 Å². The Balaban J connectivity index is 2.53. The minimum Gasteiger partial charge on any atom is -0.383 e. The van der Waals surface area contributed by atoms with Crippen LogP contribution in [0.15, 0.2) is 18.3 Å². The molecule has 0 radical (unpaired) electrons. The van der Waals surface area contributed by atoms with Crippen LogP contribution in [0.2, 0.25) is 0 Å². The summed E-state index contributed by atoms with van der Waals surface area (Å²) < 4.78 is 0. The van der Waals surface area contributed by atoms with Gasteiger partial charge in [-0.1, -0.05) is 19.9 Å². The summed E-state index contributed by atoms with van der Waals surface area (Å²) in [6, 6.07) is 4.13. The fourth-order valence-electron chi connectivity index (χ4n) is 1.36. The molecule has 4 nitrogen and oxygen atoms in total. The lowest BCUT2D eigenvalue weighted by atomic mass is 10.1. The second kappa shape index (κ2) is 6.73. The highest BCUT2D eigenvalue weighted by atomic mass is 32.2. The van der Waals surface area contributed by atoms with Gasteiger partial charge in [-0.15, -0.1) is 0 Å². The zero-order chi connectivity index (χ0) is 12.0. The molecule has 0 saturated heterocycles. The van der Waals surface area contributed by atoms with E-state index >= 15 is 0 Å². The predicted octanol–water partition coefficient (Wildman–Crippen LogP) is 1.18. The molecule has 0 aromatic carbocycles. The van der Waals surface area contributed by atoms with Gasteiger partial charge in [-0.05, 0) is 23.3 Å². The third-order valence-electron chi connectivity index (χ3n) is 2.26. The van der Waals surface area contributed by atoms with E-state index in [2.05, 4.69) is 24.3 Å². The van der Waals surface area contributed by atoms with Gasteiger partial charge < -0.3 is 5.73 Å². The summed E-state index contributed by atoms with van der Waals surface area (Å²) in [6.45, 7) is 4.35. The standard InChI is InChI=1S/C11H20N4S/c1-8(2)16-7-10(15-13)6-9-4-3-5-14-11(9)12/h3-5,8,10,15H,6-7,13H2,1-2H3,(H2,12,14). The summed E-state index contributed by atoms with van der Waals surface area (Å²) in [5.74, 6) is 7.10. The number of anilines is 1. The molecule has 0 aliphatic carbocycles. The van der Waals surface area contributed by atoms with Crippen LogP contribution < -0.4 is 17.0 Å². The van der Waals surface area contributed by atoms with Crippen molar-refractivity contribution in [3.8, 4) is 0 Å². The van der Waals surface area contributed by atoms with E-state index in [1.54, 1.807) is 6.20 Å². The minimum absolute atomic E-state index is 0.235. The first-order chi connectivity index (χ1) is 7.63. The summed E-state index contributed by atoms with van der Waals surface area (Å²) in [6.07, 6.45) is 2.52. The number of hydrazine groups is 1. The molecule has 0 amide bonds. The Bertz CT molecular complexity index is 317. The van der Waals surface area contributed by atoms with Gasteiger partial charge in [0.05, 0.1) is 0 Å². The van der Waals surface area contributed by atoms with Crippen molar-refractivity contribution in [1.82, 2.24) is 10.4 Å². The van der Waals surface area contributed by atoms with Gasteiger partial charge in [0.1, 0.15) is 5.82 Å². The van der Waals surface area contributed by atoms with E-state index in [0.717, 1.165) is 17.7 Å². The summed E-state index contributed by atoms with van der Waals surface area (Å²) in [5.41, 5.74) is 9.67. The maximum absolute atomic E-state index is 5.79. The van der Waals surface area contributed by atoms with Crippen LogP contribution in [0.4, 0.5) is 5.82 Å². The van der Waals surface area contributed by atoms with E-state index < -0.39 is 0 Å². The molecule has 0 aliphatic heterocycles. The number of hydrogen-bond donors (Lipinski definition) is 3. The summed E-state index contributed by atoms with van der Waals surface area (Å²) in [5, 5.41) is 0.613. The second-order valence-electron chi connectivity index (χ2n) is 4.00. The monoisotopic (exact) mass is 240 g/mol. The van der Waals surface area contributed by atoms with Gasteiger partial charge >= 0.3 is 0 Å². The molecular weight excluding hydrogens is 220 g/mol. The molecule has 0 fully saturated rings. The topological polar surface area (TPSA) is 77.0 Å². The Morgan fingerprint density at radius 3 is 2.81 bits per heavy atom. The van der Waals surface area contributed by atoms with Crippen molar-refractivity contribution in [3.05, 3.63) is 23.9 Å². The SMILES string of the molecule is CC(C)SCC(Cc1cccnc1N)NN. The van der Waals surface area contributed by atoms with Crippen molar-refractivity contribution in [2.75, 3.05) is 11.5 Å². The van der Waals surface area contributed by atoms with Gasteiger partial charge in [0.25, 0.3) is 0 Å². The molecule has 1 atom stereocenters. The third kappa shape index (κ3) is 4.38. The van der Waals surface area contributed by atoms with E-state index in [9.17, 15) is 0 Å².